The van der Waals surface area contributed by atoms with Gasteiger partial charge in [-0.15, -0.1) is 0 Å². The molecule has 0 aliphatic rings. The van der Waals surface area contributed by atoms with E-state index in [1.165, 1.54) is 0 Å². The van der Waals surface area contributed by atoms with Crippen molar-refractivity contribution in [3.63, 3.8) is 0 Å². The van der Waals surface area contributed by atoms with Crippen LogP contribution >= 0.6 is 0 Å². The molecule has 0 unspecified atom stereocenters. The first kappa shape index (κ1) is 12.1. The molecule has 1 aromatic carbocycles. The molecule has 0 spiro atoms. The summed E-state index contributed by atoms with van der Waals surface area (Å²) in [7, 11) is 3.59. The number of benzene rings is 1. The average Bonchev–Trinajstić information content (AvgIpc) is 2.47. The van der Waals surface area contributed by atoms with Gasteiger partial charge in [-0.25, -0.2) is 0 Å². The van der Waals surface area contributed by atoms with Crippen molar-refractivity contribution >= 4 is 17.3 Å². The van der Waals surface area contributed by atoms with Crippen molar-refractivity contribution in [2.45, 2.75) is 0 Å². The van der Waals surface area contributed by atoms with Crippen LogP contribution in [-0.2, 0) is 0 Å². The van der Waals surface area contributed by atoms with Crippen LogP contribution in [0.15, 0.2) is 48.8 Å². The van der Waals surface area contributed by atoms with Gasteiger partial charge in [0.15, 0.2) is 0 Å². The lowest BCUT2D eigenvalue weighted by Gasteiger charge is -2.16. The van der Waals surface area contributed by atoms with E-state index in [4.69, 9.17) is 0 Å². The van der Waals surface area contributed by atoms with E-state index in [9.17, 15) is 4.79 Å². The summed E-state index contributed by atoms with van der Waals surface area (Å²) < 4.78 is 0. The Morgan fingerprint density at radius 3 is 2.50 bits per heavy atom. The molecule has 18 heavy (non-hydrogen) atoms. The number of aromatic nitrogens is 1. The molecular weight excluding hydrogens is 226 g/mol. The van der Waals surface area contributed by atoms with E-state index in [-0.39, 0.29) is 5.91 Å². The number of nitrogens with zero attached hydrogens (tertiary/aromatic N) is 2. The van der Waals surface area contributed by atoms with Gasteiger partial charge in [-0.2, -0.15) is 0 Å². The summed E-state index contributed by atoms with van der Waals surface area (Å²) >= 11 is 0. The number of anilines is 2. The van der Waals surface area contributed by atoms with Crippen LogP contribution in [0.3, 0.4) is 0 Å². The van der Waals surface area contributed by atoms with Crippen molar-refractivity contribution in [2.24, 2.45) is 0 Å². The zero-order valence-corrected chi connectivity index (χ0v) is 10.4. The summed E-state index contributed by atoms with van der Waals surface area (Å²) in [5, 5.41) is 3.02. The van der Waals surface area contributed by atoms with Crippen LogP contribution in [0.25, 0.3) is 0 Å². The average molecular weight is 241 g/mol. The second-order valence-corrected chi connectivity index (χ2v) is 3.90. The topological polar surface area (TPSA) is 45.2 Å². The lowest BCUT2D eigenvalue weighted by molar-refractivity contribution is 0.0993. The minimum Gasteiger partial charge on any atom is -0.388 e. The van der Waals surface area contributed by atoms with Gasteiger partial charge in [0.1, 0.15) is 0 Å². The van der Waals surface area contributed by atoms with Crippen molar-refractivity contribution in [2.75, 3.05) is 24.3 Å². The predicted molar refractivity (Wildman–Crippen MR) is 73.0 cm³/mol. The molecule has 1 heterocycles. The Hall–Kier alpha value is -2.36. The maximum absolute atomic E-state index is 12.2. The van der Waals surface area contributed by atoms with Crippen LogP contribution in [0.5, 0.6) is 0 Å². The van der Waals surface area contributed by atoms with Gasteiger partial charge in [0.2, 0.25) is 0 Å². The first-order valence-corrected chi connectivity index (χ1v) is 5.68. The van der Waals surface area contributed by atoms with Crippen LogP contribution in [0, 0.1) is 0 Å². The van der Waals surface area contributed by atoms with E-state index in [1.54, 1.807) is 36.5 Å². The van der Waals surface area contributed by atoms with Crippen molar-refractivity contribution in [1.29, 1.82) is 0 Å². The molecular formula is C14H15N3O. The highest BCUT2D eigenvalue weighted by Gasteiger charge is 2.12. The number of rotatable bonds is 3. The maximum Gasteiger partial charge on any atom is 0.258 e. The van der Waals surface area contributed by atoms with E-state index in [2.05, 4.69) is 10.3 Å². The van der Waals surface area contributed by atoms with Crippen molar-refractivity contribution < 1.29 is 4.79 Å². The highest BCUT2D eigenvalue weighted by molar-refractivity contribution is 6.05. The molecule has 0 saturated carbocycles. The number of amides is 1. The van der Waals surface area contributed by atoms with Gasteiger partial charge in [0.05, 0.1) is 11.9 Å². The van der Waals surface area contributed by atoms with E-state index >= 15 is 0 Å². The Bertz CT molecular complexity index is 522. The van der Waals surface area contributed by atoms with E-state index in [0.29, 0.717) is 5.56 Å². The third kappa shape index (κ3) is 2.48. The molecule has 0 saturated heterocycles. The zero-order valence-electron chi connectivity index (χ0n) is 10.4. The molecule has 2 rings (SSSR count). The maximum atomic E-state index is 12.2. The number of nitrogens with one attached hydrogen (secondary N) is 1. The van der Waals surface area contributed by atoms with Gasteiger partial charge in [0.25, 0.3) is 5.91 Å². The minimum absolute atomic E-state index is 0.0503. The second-order valence-electron chi connectivity index (χ2n) is 3.90. The van der Waals surface area contributed by atoms with Crippen molar-refractivity contribution in [3.05, 3.63) is 54.4 Å². The standard InChI is InChI=1S/C14H15N3O/c1-15-12-7-5-11(6-8-12)14(18)17(2)13-4-3-9-16-10-13/h3-10,15H,1-2H3. The number of pyridine rings is 1. The first-order chi connectivity index (χ1) is 8.72. The molecule has 0 atom stereocenters. The van der Waals surface area contributed by atoms with E-state index < -0.39 is 0 Å². The first-order valence-electron chi connectivity index (χ1n) is 5.68. The molecule has 2 aromatic rings. The van der Waals surface area contributed by atoms with Gasteiger partial charge in [-0.1, -0.05) is 0 Å². The molecule has 4 heteroatoms. The summed E-state index contributed by atoms with van der Waals surface area (Å²) in [6.07, 6.45) is 3.35. The molecule has 0 aliphatic heterocycles. The highest BCUT2D eigenvalue weighted by atomic mass is 16.2. The lowest BCUT2D eigenvalue weighted by Crippen LogP contribution is -2.26. The number of hydrogen-bond acceptors (Lipinski definition) is 3. The molecule has 0 bridgehead atoms. The smallest absolute Gasteiger partial charge is 0.258 e. The Balaban J connectivity index is 2.20. The molecule has 1 amide bonds. The van der Waals surface area contributed by atoms with Gasteiger partial charge in [0, 0.05) is 31.5 Å². The van der Waals surface area contributed by atoms with E-state index in [0.717, 1.165) is 11.4 Å². The quantitative estimate of drug-likeness (QED) is 0.897. The number of carbonyl (C=O) groups is 1. The Morgan fingerprint density at radius 1 is 1.22 bits per heavy atom. The van der Waals surface area contributed by atoms with Crippen molar-refractivity contribution in [1.82, 2.24) is 4.98 Å². The van der Waals surface area contributed by atoms with Crippen LogP contribution in [0.2, 0.25) is 0 Å². The molecule has 0 radical (unpaired) electrons. The third-order valence-electron chi connectivity index (χ3n) is 2.76. The number of hydrogen-bond donors (Lipinski definition) is 1. The zero-order chi connectivity index (χ0) is 13.0. The molecule has 1 N–H and O–H groups in total. The molecule has 92 valence electrons. The number of carbonyl (C=O) groups excluding carboxylic acids is 1. The van der Waals surface area contributed by atoms with Crippen LogP contribution in [0.1, 0.15) is 10.4 Å². The second kappa shape index (κ2) is 5.31. The van der Waals surface area contributed by atoms with E-state index in [1.807, 2.05) is 31.3 Å². The SMILES string of the molecule is CNc1ccc(C(=O)N(C)c2cccnc2)cc1. The Kier molecular flexibility index (Phi) is 3.57. The molecule has 0 aliphatic carbocycles. The fourth-order valence-corrected chi connectivity index (χ4v) is 1.64. The summed E-state index contributed by atoms with van der Waals surface area (Å²) in [5.41, 5.74) is 2.41. The Labute approximate surface area is 106 Å². The summed E-state index contributed by atoms with van der Waals surface area (Å²) in [6, 6.07) is 11.0. The monoisotopic (exact) mass is 241 g/mol. The summed E-state index contributed by atoms with van der Waals surface area (Å²) in [4.78, 5) is 17.8. The van der Waals surface area contributed by atoms with Gasteiger partial charge < -0.3 is 10.2 Å². The minimum atomic E-state index is -0.0503. The predicted octanol–water partition coefficient (Wildman–Crippen LogP) is 2.40. The molecule has 1 aromatic heterocycles. The largest absolute Gasteiger partial charge is 0.388 e. The third-order valence-corrected chi connectivity index (χ3v) is 2.76. The lowest BCUT2D eigenvalue weighted by atomic mass is 10.2. The highest BCUT2D eigenvalue weighted by Crippen LogP contribution is 2.15. The van der Waals surface area contributed by atoms with Crippen LogP contribution in [0.4, 0.5) is 11.4 Å². The van der Waals surface area contributed by atoms with Crippen molar-refractivity contribution in [3.8, 4) is 0 Å². The molecule has 4 nitrogen and oxygen atoms in total. The fraction of sp³-hybridized carbons (Fsp3) is 0.143. The summed E-state index contributed by atoms with van der Waals surface area (Å²) in [6.45, 7) is 0. The van der Waals surface area contributed by atoms with Gasteiger partial charge in [-0.05, 0) is 36.4 Å². The van der Waals surface area contributed by atoms with Crippen LogP contribution in [-0.4, -0.2) is 25.0 Å². The fourth-order valence-electron chi connectivity index (χ4n) is 1.64. The Morgan fingerprint density at radius 2 is 1.94 bits per heavy atom. The molecule has 0 fully saturated rings. The summed E-state index contributed by atoms with van der Waals surface area (Å²) in [5.74, 6) is -0.0503. The van der Waals surface area contributed by atoms with Gasteiger partial charge in [-0.3, -0.25) is 9.78 Å². The van der Waals surface area contributed by atoms with Gasteiger partial charge >= 0.3 is 0 Å². The normalized spacial score (nSPS) is 9.89. The van der Waals surface area contributed by atoms with Crippen LogP contribution < -0.4 is 10.2 Å².